The summed E-state index contributed by atoms with van der Waals surface area (Å²) in [6, 6.07) is 18.9. The van der Waals surface area contributed by atoms with Crippen LogP contribution in [0.4, 0.5) is 10.7 Å². The number of thioether (sulfide) groups is 1. The van der Waals surface area contributed by atoms with Crippen molar-refractivity contribution in [3.05, 3.63) is 73.3 Å². The molecule has 2 aromatic carbocycles. The van der Waals surface area contributed by atoms with Gasteiger partial charge in [-0.2, -0.15) is 0 Å². The first-order valence-electron chi connectivity index (χ1n) is 10.8. The van der Waals surface area contributed by atoms with Crippen LogP contribution in [-0.2, 0) is 14.4 Å². The van der Waals surface area contributed by atoms with E-state index in [9.17, 15) is 14.4 Å². The monoisotopic (exact) mass is 492 g/mol. The van der Waals surface area contributed by atoms with Crippen LogP contribution < -0.4 is 15.5 Å². The molecule has 1 aromatic heterocycles. The second kappa shape index (κ2) is 11.1. The number of nitrogens with one attached hydrogen (secondary N) is 2. The lowest BCUT2D eigenvalue weighted by Crippen LogP contribution is -2.28. The molecular formula is C25H24N4O3S2. The second-order valence-electron chi connectivity index (χ2n) is 7.64. The summed E-state index contributed by atoms with van der Waals surface area (Å²) < 4.78 is 0.677. The molecule has 3 amide bonds. The zero-order valence-corrected chi connectivity index (χ0v) is 20.0. The Morgan fingerprint density at radius 1 is 1.15 bits per heavy atom. The van der Waals surface area contributed by atoms with Crippen molar-refractivity contribution in [3.8, 4) is 11.3 Å². The predicted molar refractivity (Wildman–Crippen MR) is 137 cm³/mol. The van der Waals surface area contributed by atoms with Crippen molar-refractivity contribution < 1.29 is 14.4 Å². The number of carbonyl (C=O) groups excluding carboxylic acids is 3. The van der Waals surface area contributed by atoms with Crippen molar-refractivity contribution in [2.24, 2.45) is 5.92 Å². The van der Waals surface area contributed by atoms with E-state index in [-0.39, 0.29) is 29.9 Å². The van der Waals surface area contributed by atoms with E-state index >= 15 is 0 Å². The number of nitrogens with zero attached hydrogens (tertiary/aromatic N) is 2. The van der Waals surface area contributed by atoms with Crippen LogP contribution in [0.15, 0.2) is 77.7 Å². The van der Waals surface area contributed by atoms with Crippen LogP contribution in [0.5, 0.6) is 0 Å². The third-order valence-electron chi connectivity index (χ3n) is 5.23. The molecule has 9 heteroatoms. The van der Waals surface area contributed by atoms with Crippen molar-refractivity contribution in [1.82, 2.24) is 10.3 Å². The van der Waals surface area contributed by atoms with Gasteiger partial charge in [0.1, 0.15) is 10.7 Å². The van der Waals surface area contributed by atoms with Gasteiger partial charge in [0, 0.05) is 30.8 Å². The van der Waals surface area contributed by atoms with Crippen molar-refractivity contribution >= 4 is 51.5 Å². The average molecular weight is 493 g/mol. The third kappa shape index (κ3) is 5.73. The summed E-state index contributed by atoms with van der Waals surface area (Å²) >= 11 is 2.64. The molecule has 1 saturated heterocycles. The van der Waals surface area contributed by atoms with E-state index in [1.165, 1.54) is 23.1 Å². The maximum Gasteiger partial charge on any atom is 0.230 e. The van der Waals surface area contributed by atoms with Crippen molar-refractivity contribution in [3.63, 3.8) is 0 Å². The maximum atomic E-state index is 13.1. The van der Waals surface area contributed by atoms with Crippen LogP contribution >= 0.6 is 23.1 Å². The largest absolute Gasteiger partial charge is 0.352 e. The molecule has 0 saturated carbocycles. The number of para-hydroxylation sites is 1. The summed E-state index contributed by atoms with van der Waals surface area (Å²) in [5.74, 6) is -0.642. The maximum absolute atomic E-state index is 13.1. The first-order chi connectivity index (χ1) is 16.5. The molecule has 2 N–H and O–H groups in total. The second-order valence-corrected chi connectivity index (χ2v) is 9.86. The quantitative estimate of drug-likeness (QED) is 0.345. The SMILES string of the molecule is C=CCNC(=O)CSc1nc(-c2ccccc2)c(NC(=O)C2CC(=O)N(c3ccccc3)C2)s1. The number of benzene rings is 2. The lowest BCUT2D eigenvalue weighted by molar-refractivity contribution is -0.122. The normalized spacial score (nSPS) is 15.2. The number of hydrogen-bond donors (Lipinski definition) is 2. The van der Waals surface area contributed by atoms with Gasteiger partial charge in [0.2, 0.25) is 17.7 Å². The van der Waals surface area contributed by atoms with Gasteiger partial charge in [-0.1, -0.05) is 77.7 Å². The van der Waals surface area contributed by atoms with Crippen LogP contribution in [0, 0.1) is 5.92 Å². The van der Waals surface area contributed by atoms with Crippen molar-refractivity contribution in [1.29, 1.82) is 0 Å². The molecule has 7 nitrogen and oxygen atoms in total. The molecule has 3 aromatic rings. The molecule has 1 unspecified atom stereocenters. The fourth-order valence-corrected chi connectivity index (χ4v) is 5.46. The molecule has 0 aliphatic carbocycles. The highest BCUT2D eigenvalue weighted by molar-refractivity contribution is 8.01. The van der Waals surface area contributed by atoms with Crippen molar-refractivity contribution in [2.45, 2.75) is 10.8 Å². The number of thiazole rings is 1. The summed E-state index contributed by atoms with van der Waals surface area (Å²) in [5.41, 5.74) is 2.31. The van der Waals surface area contributed by atoms with E-state index in [0.717, 1.165) is 11.3 Å². The Labute approximate surface area is 206 Å². The Balaban J connectivity index is 1.49. The van der Waals surface area contributed by atoms with Crippen LogP contribution in [0.1, 0.15) is 6.42 Å². The van der Waals surface area contributed by atoms with Gasteiger partial charge in [-0.25, -0.2) is 4.98 Å². The van der Waals surface area contributed by atoms with Crippen LogP contribution in [-0.4, -0.2) is 41.5 Å². The van der Waals surface area contributed by atoms with Gasteiger partial charge >= 0.3 is 0 Å². The number of hydrogen-bond acceptors (Lipinski definition) is 6. The Kier molecular flexibility index (Phi) is 7.76. The standard InChI is InChI=1S/C25H24N4O3S2/c1-2-13-26-20(30)16-33-25-27-22(17-9-5-3-6-10-17)24(34-25)28-23(32)18-14-21(31)29(15-18)19-11-7-4-8-12-19/h2-12,18H,1,13-16H2,(H,26,30)(H,28,32). The first kappa shape index (κ1) is 23.7. The zero-order valence-electron chi connectivity index (χ0n) is 18.4. The van der Waals surface area contributed by atoms with Gasteiger partial charge in [-0.3, -0.25) is 14.4 Å². The fraction of sp³-hybridized carbons (Fsp3) is 0.200. The Bertz CT molecular complexity index is 1180. The van der Waals surface area contributed by atoms with Gasteiger partial charge in [0.05, 0.1) is 11.7 Å². The molecule has 1 fully saturated rings. The van der Waals surface area contributed by atoms with E-state index in [1.807, 2.05) is 60.7 Å². The highest BCUT2D eigenvalue weighted by Gasteiger charge is 2.35. The van der Waals surface area contributed by atoms with E-state index < -0.39 is 5.92 Å². The summed E-state index contributed by atoms with van der Waals surface area (Å²) in [4.78, 5) is 44.0. The highest BCUT2D eigenvalue weighted by Crippen LogP contribution is 2.38. The lowest BCUT2D eigenvalue weighted by Gasteiger charge is -2.16. The van der Waals surface area contributed by atoms with Crippen LogP contribution in [0.25, 0.3) is 11.3 Å². The van der Waals surface area contributed by atoms with Gasteiger partial charge in [0.15, 0.2) is 4.34 Å². The number of anilines is 2. The predicted octanol–water partition coefficient (Wildman–Crippen LogP) is 4.20. The molecule has 0 spiro atoms. The third-order valence-corrected chi connectivity index (χ3v) is 7.34. The minimum atomic E-state index is -0.459. The minimum absolute atomic E-state index is 0.0688. The highest BCUT2D eigenvalue weighted by atomic mass is 32.2. The number of rotatable bonds is 9. The molecule has 0 bridgehead atoms. The average Bonchev–Trinajstić information content (AvgIpc) is 3.46. The summed E-state index contributed by atoms with van der Waals surface area (Å²) in [6.45, 7) is 4.33. The zero-order chi connectivity index (χ0) is 23.9. The van der Waals surface area contributed by atoms with Crippen molar-refractivity contribution in [2.75, 3.05) is 29.1 Å². The van der Waals surface area contributed by atoms with Crippen LogP contribution in [0.3, 0.4) is 0 Å². The van der Waals surface area contributed by atoms with E-state index in [2.05, 4.69) is 22.2 Å². The Morgan fingerprint density at radius 2 is 1.85 bits per heavy atom. The Morgan fingerprint density at radius 3 is 2.56 bits per heavy atom. The van der Waals surface area contributed by atoms with E-state index in [4.69, 9.17) is 0 Å². The topological polar surface area (TPSA) is 91.4 Å². The van der Waals surface area contributed by atoms with Gasteiger partial charge in [0.25, 0.3) is 0 Å². The molecule has 2 heterocycles. The first-order valence-corrected chi connectivity index (χ1v) is 12.6. The summed E-state index contributed by atoms with van der Waals surface area (Å²) in [6.07, 6.45) is 1.78. The molecule has 0 radical (unpaired) electrons. The fourth-order valence-electron chi connectivity index (χ4n) is 3.56. The molecular weight excluding hydrogens is 468 g/mol. The lowest BCUT2D eigenvalue weighted by atomic mass is 10.1. The number of aromatic nitrogens is 1. The van der Waals surface area contributed by atoms with Crippen LogP contribution in [0.2, 0.25) is 0 Å². The Hall–Kier alpha value is -3.43. The number of amides is 3. The smallest absolute Gasteiger partial charge is 0.230 e. The minimum Gasteiger partial charge on any atom is -0.352 e. The molecule has 1 aliphatic rings. The summed E-state index contributed by atoms with van der Waals surface area (Å²) in [5, 5.41) is 6.34. The van der Waals surface area contributed by atoms with E-state index in [0.29, 0.717) is 28.1 Å². The molecule has 174 valence electrons. The molecule has 1 atom stereocenters. The number of carbonyl (C=O) groups is 3. The molecule has 34 heavy (non-hydrogen) atoms. The van der Waals surface area contributed by atoms with Gasteiger partial charge < -0.3 is 15.5 Å². The molecule has 4 rings (SSSR count). The van der Waals surface area contributed by atoms with E-state index in [1.54, 1.807) is 11.0 Å². The van der Waals surface area contributed by atoms with Gasteiger partial charge in [-0.05, 0) is 12.1 Å². The molecule has 1 aliphatic heterocycles. The summed E-state index contributed by atoms with van der Waals surface area (Å²) in [7, 11) is 0. The van der Waals surface area contributed by atoms with Gasteiger partial charge in [-0.15, -0.1) is 6.58 Å².